The zero-order valence-corrected chi connectivity index (χ0v) is 16.6. The Morgan fingerprint density at radius 1 is 1.07 bits per heavy atom. The number of aryl methyl sites for hydroxylation is 1. The lowest BCUT2D eigenvalue weighted by molar-refractivity contribution is -0.116. The smallest absolute Gasteiger partial charge is 0.244 e. The lowest BCUT2D eigenvalue weighted by atomic mass is 10.1. The maximum absolute atomic E-state index is 12.8. The van der Waals surface area contributed by atoms with Gasteiger partial charge in [-0.05, 0) is 49.4 Å². The van der Waals surface area contributed by atoms with Crippen LogP contribution in [0.4, 0.5) is 5.69 Å². The second-order valence-electron chi connectivity index (χ2n) is 6.64. The van der Waals surface area contributed by atoms with Crippen molar-refractivity contribution in [3.8, 4) is 0 Å². The van der Waals surface area contributed by atoms with Crippen LogP contribution >= 0.6 is 11.6 Å². The Hall–Kier alpha value is -1.89. The molecule has 3 rings (SSSR count). The fourth-order valence-corrected chi connectivity index (χ4v) is 5.19. The van der Waals surface area contributed by atoms with E-state index in [0.29, 0.717) is 25.2 Å². The van der Waals surface area contributed by atoms with E-state index in [0.717, 1.165) is 25.7 Å². The lowest BCUT2D eigenvalue weighted by Crippen LogP contribution is -2.28. The van der Waals surface area contributed by atoms with Gasteiger partial charge in [0.1, 0.15) is 4.90 Å². The van der Waals surface area contributed by atoms with Gasteiger partial charge in [-0.2, -0.15) is 4.31 Å². The van der Waals surface area contributed by atoms with Crippen molar-refractivity contribution in [1.29, 1.82) is 0 Å². The van der Waals surface area contributed by atoms with Crippen LogP contribution in [-0.4, -0.2) is 31.7 Å². The van der Waals surface area contributed by atoms with E-state index in [9.17, 15) is 13.2 Å². The first-order valence-corrected chi connectivity index (χ1v) is 10.9. The van der Waals surface area contributed by atoms with Crippen LogP contribution in [0.2, 0.25) is 5.02 Å². The van der Waals surface area contributed by atoms with Crippen LogP contribution in [0.3, 0.4) is 0 Å². The Labute approximate surface area is 165 Å². The van der Waals surface area contributed by atoms with Crippen molar-refractivity contribution < 1.29 is 13.2 Å². The highest BCUT2D eigenvalue weighted by molar-refractivity contribution is 7.89. The van der Waals surface area contributed by atoms with Gasteiger partial charge in [0.2, 0.25) is 15.9 Å². The van der Waals surface area contributed by atoms with Gasteiger partial charge in [0.15, 0.2) is 0 Å². The van der Waals surface area contributed by atoms with Gasteiger partial charge in [-0.25, -0.2) is 8.42 Å². The van der Waals surface area contributed by atoms with Crippen LogP contribution in [-0.2, 0) is 21.2 Å². The molecule has 0 unspecified atom stereocenters. The molecule has 144 valence electrons. The van der Waals surface area contributed by atoms with Gasteiger partial charge in [0.25, 0.3) is 0 Å². The molecule has 1 saturated heterocycles. The van der Waals surface area contributed by atoms with Gasteiger partial charge in [-0.1, -0.05) is 41.9 Å². The first-order valence-electron chi connectivity index (χ1n) is 9.10. The number of hydrogen-bond acceptors (Lipinski definition) is 3. The van der Waals surface area contributed by atoms with E-state index in [4.69, 9.17) is 11.6 Å². The minimum Gasteiger partial charge on any atom is -0.326 e. The quantitative estimate of drug-likeness (QED) is 0.753. The fraction of sp³-hybridized carbons (Fsp3) is 0.350. The first kappa shape index (κ1) is 19.9. The molecule has 0 atom stereocenters. The second kappa shape index (κ2) is 8.87. The second-order valence-corrected chi connectivity index (χ2v) is 8.96. The Morgan fingerprint density at radius 2 is 1.78 bits per heavy atom. The molecule has 1 heterocycles. The van der Waals surface area contributed by atoms with Crippen molar-refractivity contribution in [3.05, 3.63) is 59.1 Å². The Balaban J connectivity index is 1.62. The van der Waals surface area contributed by atoms with Crippen molar-refractivity contribution in [2.75, 3.05) is 18.4 Å². The van der Waals surface area contributed by atoms with Crippen molar-refractivity contribution in [2.45, 2.75) is 37.0 Å². The van der Waals surface area contributed by atoms with Crippen LogP contribution in [0.25, 0.3) is 0 Å². The first-order chi connectivity index (χ1) is 13.0. The number of amides is 1. The van der Waals surface area contributed by atoms with Crippen LogP contribution in [0.5, 0.6) is 0 Å². The summed E-state index contributed by atoms with van der Waals surface area (Å²) >= 11 is 6.13. The molecule has 0 spiro atoms. The van der Waals surface area contributed by atoms with Crippen molar-refractivity contribution in [1.82, 2.24) is 4.31 Å². The largest absolute Gasteiger partial charge is 0.326 e. The summed E-state index contributed by atoms with van der Waals surface area (Å²) in [4.78, 5) is 12.3. The molecule has 0 aliphatic carbocycles. The molecular weight excluding hydrogens is 384 g/mol. The van der Waals surface area contributed by atoms with Gasteiger partial charge in [0, 0.05) is 25.2 Å². The number of nitrogens with zero attached hydrogens (tertiary/aromatic N) is 1. The third kappa shape index (κ3) is 5.09. The van der Waals surface area contributed by atoms with Gasteiger partial charge < -0.3 is 5.32 Å². The highest BCUT2D eigenvalue weighted by atomic mass is 35.5. The summed E-state index contributed by atoms with van der Waals surface area (Å²) in [5, 5.41) is 2.95. The lowest BCUT2D eigenvalue weighted by Gasteiger charge is -2.17. The predicted octanol–water partition coefficient (Wildman–Crippen LogP) is 4.09. The summed E-state index contributed by atoms with van der Waals surface area (Å²) in [6.07, 6.45) is 3.63. The molecule has 2 aromatic carbocycles. The molecule has 7 heteroatoms. The number of halogens is 1. The van der Waals surface area contributed by atoms with E-state index in [1.807, 2.05) is 30.3 Å². The molecule has 1 fully saturated rings. The fourth-order valence-electron chi connectivity index (χ4n) is 3.17. The molecule has 2 aromatic rings. The van der Waals surface area contributed by atoms with Gasteiger partial charge in [-0.15, -0.1) is 0 Å². The third-order valence-electron chi connectivity index (χ3n) is 4.61. The maximum atomic E-state index is 12.8. The highest BCUT2D eigenvalue weighted by Gasteiger charge is 2.29. The Kier molecular flexibility index (Phi) is 6.52. The minimum atomic E-state index is -3.63. The predicted molar refractivity (Wildman–Crippen MR) is 107 cm³/mol. The van der Waals surface area contributed by atoms with E-state index < -0.39 is 10.0 Å². The Morgan fingerprint density at radius 3 is 2.48 bits per heavy atom. The molecule has 0 radical (unpaired) electrons. The van der Waals surface area contributed by atoms with Crippen LogP contribution in [0.15, 0.2) is 53.4 Å². The van der Waals surface area contributed by atoms with Crippen LogP contribution < -0.4 is 5.32 Å². The summed E-state index contributed by atoms with van der Waals surface area (Å²) in [6.45, 7) is 1.02. The van der Waals surface area contributed by atoms with Crippen molar-refractivity contribution >= 4 is 33.2 Å². The number of anilines is 1. The van der Waals surface area contributed by atoms with Crippen molar-refractivity contribution in [2.24, 2.45) is 0 Å². The summed E-state index contributed by atoms with van der Waals surface area (Å²) in [5.74, 6) is -0.141. The molecule has 1 aliphatic rings. The number of carbonyl (C=O) groups excluding carboxylic acids is 1. The zero-order valence-electron chi connectivity index (χ0n) is 15.0. The monoisotopic (exact) mass is 406 g/mol. The van der Waals surface area contributed by atoms with Crippen LogP contribution in [0, 0.1) is 0 Å². The summed E-state index contributed by atoms with van der Waals surface area (Å²) in [6, 6.07) is 14.6. The third-order valence-corrected chi connectivity index (χ3v) is 6.99. The molecule has 0 saturated carbocycles. The van der Waals surface area contributed by atoms with E-state index in [1.165, 1.54) is 22.0 Å². The number of carbonyl (C=O) groups is 1. The van der Waals surface area contributed by atoms with E-state index in [2.05, 4.69) is 5.32 Å². The van der Waals surface area contributed by atoms with Crippen molar-refractivity contribution in [3.63, 3.8) is 0 Å². The molecule has 1 aliphatic heterocycles. The minimum absolute atomic E-state index is 0.0492. The summed E-state index contributed by atoms with van der Waals surface area (Å²) in [5.41, 5.74) is 1.64. The SMILES string of the molecule is O=C(CCCc1ccccc1)Nc1ccc(Cl)c(S(=O)(=O)N2CCCC2)c1. The molecule has 1 amide bonds. The Bertz CT molecular complexity index is 895. The zero-order chi connectivity index (χ0) is 19.3. The van der Waals surface area contributed by atoms with E-state index in [1.54, 1.807) is 6.07 Å². The van der Waals surface area contributed by atoms with E-state index >= 15 is 0 Å². The maximum Gasteiger partial charge on any atom is 0.244 e. The average molecular weight is 407 g/mol. The number of nitrogens with one attached hydrogen (secondary N) is 1. The molecule has 5 nitrogen and oxygen atoms in total. The van der Waals surface area contributed by atoms with Gasteiger partial charge >= 0.3 is 0 Å². The number of hydrogen-bond donors (Lipinski definition) is 1. The summed E-state index contributed by atoms with van der Waals surface area (Å²) in [7, 11) is -3.63. The van der Waals surface area contributed by atoms with E-state index in [-0.39, 0.29) is 15.8 Å². The van der Waals surface area contributed by atoms with Gasteiger partial charge in [0.05, 0.1) is 5.02 Å². The number of benzene rings is 2. The molecule has 27 heavy (non-hydrogen) atoms. The highest BCUT2D eigenvalue weighted by Crippen LogP contribution is 2.29. The molecule has 0 aromatic heterocycles. The van der Waals surface area contributed by atoms with Gasteiger partial charge in [-0.3, -0.25) is 4.79 Å². The molecule has 0 bridgehead atoms. The summed E-state index contributed by atoms with van der Waals surface area (Å²) < 4.78 is 26.9. The number of sulfonamides is 1. The van der Waals surface area contributed by atoms with Crippen LogP contribution in [0.1, 0.15) is 31.2 Å². The normalized spacial score (nSPS) is 15.0. The molecular formula is C20H23ClN2O3S. The molecule has 1 N–H and O–H groups in total. The standard InChI is InChI=1S/C20H23ClN2O3S/c21-18-12-11-17(15-19(18)27(25,26)23-13-4-5-14-23)22-20(24)10-6-9-16-7-2-1-3-8-16/h1-3,7-8,11-12,15H,4-6,9-10,13-14H2,(H,22,24). The topological polar surface area (TPSA) is 66.5 Å². The number of rotatable bonds is 7. The average Bonchev–Trinajstić information content (AvgIpc) is 3.20.